The summed E-state index contributed by atoms with van der Waals surface area (Å²) in [5, 5.41) is 4.12. The van der Waals surface area contributed by atoms with E-state index in [1.165, 1.54) is 5.75 Å². The monoisotopic (exact) mass is 270 g/mol. The lowest BCUT2D eigenvalue weighted by atomic mass is 10.1. The van der Waals surface area contributed by atoms with E-state index in [1.807, 2.05) is 11.8 Å². The van der Waals surface area contributed by atoms with E-state index in [-0.39, 0.29) is 18.0 Å². The third-order valence-electron chi connectivity index (χ3n) is 3.59. The fourth-order valence-corrected chi connectivity index (χ4v) is 3.53. The minimum absolute atomic E-state index is 0.0308. The fourth-order valence-electron chi connectivity index (χ4n) is 2.32. The lowest BCUT2D eigenvalue weighted by Gasteiger charge is -2.29. The molecule has 0 bridgehead atoms. The first kappa shape index (κ1) is 12.4. The Balaban J connectivity index is 1.76. The summed E-state index contributed by atoms with van der Waals surface area (Å²) in [4.78, 5) is 6.80. The molecule has 2 N–H and O–H groups in total. The molecule has 0 aliphatic carbocycles. The van der Waals surface area contributed by atoms with Gasteiger partial charge in [0.05, 0.1) is 25.2 Å². The molecule has 3 unspecified atom stereocenters. The maximum atomic E-state index is 5.96. The van der Waals surface area contributed by atoms with Crippen LogP contribution in [0.2, 0.25) is 0 Å². The molecule has 1 aromatic rings. The van der Waals surface area contributed by atoms with Crippen LogP contribution < -0.4 is 5.73 Å². The molecule has 3 rings (SSSR count). The molecule has 3 atom stereocenters. The van der Waals surface area contributed by atoms with E-state index in [9.17, 15) is 0 Å². The van der Waals surface area contributed by atoms with Crippen LogP contribution in [0.5, 0.6) is 0 Å². The normalized spacial score (nSPS) is 34.0. The van der Waals surface area contributed by atoms with Crippen LogP contribution in [-0.2, 0) is 4.74 Å². The highest BCUT2D eigenvalue weighted by molar-refractivity contribution is 7.99. The number of hydrogen-bond acceptors (Lipinski definition) is 7. The molecule has 100 valence electrons. The van der Waals surface area contributed by atoms with Gasteiger partial charge in [0.25, 0.3) is 0 Å². The summed E-state index contributed by atoms with van der Waals surface area (Å²) in [6.07, 6.45) is 0. The second-order valence-electron chi connectivity index (χ2n) is 4.87. The summed E-state index contributed by atoms with van der Waals surface area (Å²) in [5.41, 5.74) is 5.96. The topological polar surface area (TPSA) is 77.4 Å². The van der Waals surface area contributed by atoms with Gasteiger partial charge in [-0.15, -0.1) is 0 Å². The SMILES string of the molecule is CN1CCSCC1c1noc(C2COCC2N)n1. The molecule has 2 saturated heterocycles. The summed E-state index contributed by atoms with van der Waals surface area (Å²) < 4.78 is 10.7. The van der Waals surface area contributed by atoms with Crippen molar-refractivity contribution >= 4 is 11.8 Å². The van der Waals surface area contributed by atoms with Crippen molar-refractivity contribution in [2.24, 2.45) is 5.73 Å². The molecule has 2 aliphatic rings. The van der Waals surface area contributed by atoms with Gasteiger partial charge in [0.15, 0.2) is 5.82 Å². The van der Waals surface area contributed by atoms with Gasteiger partial charge in [-0.05, 0) is 7.05 Å². The highest BCUT2D eigenvalue weighted by Gasteiger charge is 2.33. The maximum absolute atomic E-state index is 5.96. The van der Waals surface area contributed by atoms with Crippen molar-refractivity contribution in [1.82, 2.24) is 15.0 Å². The molecule has 0 amide bonds. The van der Waals surface area contributed by atoms with Crippen LogP contribution in [0.25, 0.3) is 0 Å². The highest BCUT2D eigenvalue weighted by atomic mass is 32.2. The van der Waals surface area contributed by atoms with E-state index in [0.717, 1.165) is 18.1 Å². The van der Waals surface area contributed by atoms with Gasteiger partial charge in [-0.2, -0.15) is 16.7 Å². The molecule has 2 aliphatic heterocycles. The van der Waals surface area contributed by atoms with E-state index < -0.39 is 0 Å². The second-order valence-corrected chi connectivity index (χ2v) is 6.02. The van der Waals surface area contributed by atoms with Gasteiger partial charge < -0.3 is 15.0 Å². The second kappa shape index (κ2) is 5.16. The first-order valence-electron chi connectivity index (χ1n) is 6.20. The third kappa shape index (κ3) is 2.27. The van der Waals surface area contributed by atoms with Crippen molar-refractivity contribution in [3.63, 3.8) is 0 Å². The van der Waals surface area contributed by atoms with Crippen molar-refractivity contribution in [2.45, 2.75) is 18.0 Å². The van der Waals surface area contributed by atoms with E-state index in [1.54, 1.807) is 0 Å². The number of ether oxygens (including phenoxy) is 1. The summed E-state index contributed by atoms with van der Waals surface area (Å²) in [5.74, 6) is 3.63. The van der Waals surface area contributed by atoms with Crippen molar-refractivity contribution in [3.05, 3.63) is 11.7 Å². The van der Waals surface area contributed by atoms with Gasteiger partial charge in [0.1, 0.15) is 0 Å². The van der Waals surface area contributed by atoms with E-state index >= 15 is 0 Å². The van der Waals surface area contributed by atoms with Gasteiger partial charge in [-0.25, -0.2) is 0 Å². The number of rotatable bonds is 2. The van der Waals surface area contributed by atoms with Gasteiger partial charge in [-0.1, -0.05) is 5.16 Å². The van der Waals surface area contributed by atoms with Crippen LogP contribution in [0.15, 0.2) is 4.52 Å². The molecular formula is C11H18N4O2S. The summed E-state index contributed by atoms with van der Waals surface area (Å²) in [6, 6.07) is 0.219. The Bertz CT molecular complexity index is 414. The average molecular weight is 270 g/mol. The Morgan fingerprint density at radius 1 is 1.44 bits per heavy atom. The summed E-state index contributed by atoms with van der Waals surface area (Å²) in [7, 11) is 2.10. The molecule has 0 aromatic carbocycles. The predicted octanol–water partition coefficient (Wildman–Crippen LogP) is 0.230. The molecule has 2 fully saturated rings. The predicted molar refractivity (Wildman–Crippen MR) is 68.5 cm³/mol. The van der Waals surface area contributed by atoms with E-state index in [0.29, 0.717) is 19.1 Å². The fraction of sp³-hybridized carbons (Fsp3) is 0.818. The van der Waals surface area contributed by atoms with Crippen LogP contribution in [0.3, 0.4) is 0 Å². The molecule has 18 heavy (non-hydrogen) atoms. The Labute approximate surface area is 110 Å². The zero-order chi connectivity index (χ0) is 12.5. The number of thioether (sulfide) groups is 1. The van der Waals surface area contributed by atoms with Gasteiger partial charge in [-0.3, -0.25) is 4.90 Å². The zero-order valence-electron chi connectivity index (χ0n) is 10.4. The Morgan fingerprint density at radius 3 is 3.06 bits per heavy atom. The van der Waals surface area contributed by atoms with Crippen LogP contribution in [0.1, 0.15) is 23.7 Å². The number of hydrogen-bond donors (Lipinski definition) is 1. The van der Waals surface area contributed by atoms with Crippen LogP contribution >= 0.6 is 11.8 Å². The van der Waals surface area contributed by atoms with Crippen LogP contribution in [0, 0.1) is 0 Å². The van der Waals surface area contributed by atoms with E-state index in [2.05, 4.69) is 22.1 Å². The number of aromatic nitrogens is 2. The molecular weight excluding hydrogens is 252 g/mol. The average Bonchev–Trinajstić information content (AvgIpc) is 2.98. The molecule has 6 nitrogen and oxygen atoms in total. The highest BCUT2D eigenvalue weighted by Crippen LogP contribution is 2.29. The first-order valence-corrected chi connectivity index (χ1v) is 7.36. The summed E-state index contributed by atoms with van der Waals surface area (Å²) >= 11 is 1.93. The van der Waals surface area contributed by atoms with Crippen LogP contribution in [0.4, 0.5) is 0 Å². The summed E-state index contributed by atoms with van der Waals surface area (Å²) in [6.45, 7) is 2.21. The Kier molecular flexibility index (Phi) is 3.56. The van der Waals surface area contributed by atoms with Gasteiger partial charge in [0, 0.05) is 24.1 Å². The quantitative estimate of drug-likeness (QED) is 0.824. The smallest absolute Gasteiger partial charge is 0.233 e. The van der Waals surface area contributed by atoms with Crippen molar-refractivity contribution < 1.29 is 9.26 Å². The molecule has 3 heterocycles. The van der Waals surface area contributed by atoms with Gasteiger partial charge >= 0.3 is 0 Å². The minimum Gasteiger partial charge on any atom is -0.379 e. The van der Waals surface area contributed by atoms with E-state index in [4.69, 9.17) is 15.0 Å². The lowest BCUT2D eigenvalue weighted by Crippen LogP contribution is -2.33. The standard InChI is InChI=1S/C11H18N4O2S/c1-15-2-3-18-6-9(15)10-13-11(17-14-10)7-4-16-5-8(7)12/h7-9H,2-6,12H2,1H3. The van der Waals surface area contributed by atoms with Crippen molar-refractivity contribution in [3.8, 4) is 0 Å². The Morgan fingerprint density at radius 2 is 2.33 bits per heavy atom. The van der Waals surface area contributed by atoms with Gasteiger partial charge in [0.2, 0.25) is 5.89 Å². The lowest BCUT2D eigenvalue weighted by molar-refractivity contribution is 0.187. The zero-order valence-corrected chi connectivity index (χ0v) is 11.2. The van der Waals surface area contributed by atoms with Crippen molar-refractivity contribution in [1.29, 1.82) is 0 Å². The van der Waals surface area contributed by atoms with Crippen LogP contribution in [-0.4, -0.2) is 59.4 Å². The molecule has 1 aromatic heterocycles. The Hall–Kier alpha value is -0.630. The number of nitrogens with zero attached hydrogens (tertiary/aromatic N) is 3. The largest absolute Gasteiger partial charge is 0.379 e. The number of nitrogens with two attached hydrogens (primary N) is 1. The minimum atomic E-state index is -0.0308. The molecule has 0 saturated carbocycles. The molecule has 0 radical (unpaired) electrons. The first-order chi connectivity index (χ1) is 8.75. The van der Waals surface area contributed by atoms with Crippen molar-refractivity contribution in [2.75, 3.05) is 38.3 Å². The molecule has 0 spiro atoms. The molecule has 7 heteroatoms. The maximum Gasteiger partial charge on any atom is 0.233 e. The third-order valence-corrected chi connectivity index (χ3v) is 4.62.